The summed E-state index contributed by atoms with van der Waals surface area (Å²) in [7, 11) is 0. The number of quaternary nitrogens is 1. The average molecular weight is 605 g/mol. The first kappa shape index (κ1) is 28.4. The molecule has 1 saturated heterocycles. The molecule has 0 amide bonds. The first-order valence-electron chi connectivity index (χ1n) is 15.8. The monoisotopic (exact) mass is 604 g/mol. The summed E-state index contributed by atoms with van der Waals surface area (Å²) in [5.41, 5.74) is 10.9. The fourth-order valence-corrected chi connectivity index (χ4v) is 6.75. The van der Waals surface area contributed by atoms with Crippen molar-refractivity contribution in [2.24, 2.45) is 0 Å². The number of hydrogen-bond acceptors (Lipinski definition) is 4. The maximum Gasteiger partial charge on any atom is 0.172 e. The SMILES string of the molecule is CC1(C)NC(c2c3nc(c(-c4ccccc4)c4ccc(cc5ccc([nH]5)c(-c5ccccc5)c5nc2C=C5)[nH]4)C=C3)[NH+]([O-])C1(C)C. The van der Waals surface area contributed by atoms with Gasteiger partial charge in [-0.15, -0.1) is 0 Å². The molecule has 0 radical (unpaired) electrons. The lowest BCUT2D eigenvalue weighted by Crippen LogP contribution is -3.14. The van der Waals surface area contributed by atoms with Gasteiger partial charge in [-0.3, -0.25) is 5.32 Å². The fraction of sp³-hybridized carbons (Fsp3) is 0.179. The lowest BCUT2D eigenvalue weighted by atomic mass is 9.84. The van der Waals surface area contributed by atoms with E-state index in [-0.39, 0.29) is 5.06 Å². The molecule has 0 saturated carbocycles. The van der Waals surface area contributed by atoms with Crippen LogP contribution in [0.25, 0.3) is 68.6 Å². The highest BCUT2D eigenvalue weighted by atomic mass is 16.5. The number of aromatic amines is 2. The lowest BCUT2D eigenvalue weighted by molar-refractivity contribution is -0.919. The minimum absolute atomic E-state index is 0.133. The molecule has 2 atom stereocenters. The van der Waals surface area contributed by atoms with Gasteiger partial charge in [0.15, 0.2) is 6.17 Å². The van der Waals surface area contributed by atoms with Gasteiger partial charge in [0, 0.05) is 33.2 Å². The van der Waals surface area contributed by atoms with Crippen LogP contribution < -0.4 is 10.4 Å². The fourth-order valence-electron chi connectivity index (χ4n) is 6.75. The van der Waals surface area contributed by atoms with Crippen molar-refractivity contribution < 1.29 is 5.06 Å². The van der Waals surface area contributed by atoms with Gasteiger partial charge in [-0.1, -0.05) is 60.7 Å². The highest BCUT2D eigenvalue weighted by molar-refractivity contribution is 5.93. The van der Waals surface area contributed by atoms with Crippen LogP contribution in [0.4, 0.5) is 0 Å². The van der Waals surface area contributed by atoms with Gasteiger partial charge in [-0.2, -0.15) is 0 Å². The molecular formula is C39H36N6O. The number of fused-ring (bicyclic) bond motifs is 8. The number of nitrogens with zero attached hydrogens (tertiary/aromatic N) is 2. The summed E-state index contributed by atoms with van der Waals surface area (Å²) in [5, 5.41) is 18.0. The largest absolute Gasteiger partial charge is 0.632 e. The molecule has 2 aromatic carbocycles. The van der Waals surface area contributed by atoms with E-state index in [1.807, 2.05) is 62.4 Å². The third-order valence-electron chi connectivity index (χ3n) is 9.97. The van der Waals surface area contributed by atoms with Crippen LogP contribution in [0.15, 0.2) is 91.0 Å². The zero-order chi connectivity index (χ0) is 31.6. The zero-order valence-corrected chi connectivity index (χ0v) is 26.3. The van der Waals surface area contributed by atoms with Crippen molar-refractivity contribution in [3.8, 4) is 22.3 Å². The Kier molecular flexibility index (Phi) is 6.48. The van der Waals surface area contributed by atoms with Crippen molar-refractivity contribution in [1.82, 2.24) is 25.3 Å². The Bertz CT molecular complexity index is 2070. The van der Waals surface area contributed by atoms with Crippen molar-refractivity contribution in [3.63, 3.8) is 0 Å². The number of nitrogens with one attached hydrogen (secondary N) is 4. The molecule has 3 aliphatic rings. The summed E-state index contributed by atoms with van der Waals surface area (Å²) in [6.45, 7) is 8.24. The van der Waals surface area contributed by atoms with E-state index in [0.29, 0.717) is 0 Å². The van der Waals surface area contributed by atoms with E-state index in [1.165, 1.54) is 0 Å². The summed E-state index contributed by atoms with van der Waals surface area (Å²) in [6.07, 6.45) is 7.60. The van der Waals surface area contributed by atoms with Crippen LogP contribution in [-0.4, -0.2) is 31.0 Å². The Hall–Kier alpha value is -5.08. The van der Waals surface area contributed by atoms with Gasteiger partial charge in [0.05, 0.1) is 33.9 Å². The predicted octanol–water partition coefficient (Wildman–Crippen LogP) is 7.53. The third-order valence-corrected chi connectivity index (χ3v) is 9.97. The van der Waals surface area contributed by atoms with E-state index >= 15 is 0 Å². The van der Waals surface area contributed by atoms with Crippen LogP contribution in [0, 0.1) is 5.21 Å². The highest BCUT2D eigenvalue weighted by Crippen LogP contribution is 2.37. The molecule has 3 aromatic heterocycles. The predicted molar refractivity (Wildman–Crippen MR) is 188 cm³/mol. The van der Waals surface area contributed by atoms with Crippen molar-refractivity contribution in [2.45, 2.75) is 44.9 Å². The smallest absolute Gasteiger partial charge is 0.172 e. The molecule has 0 spiro atoms. The molecule has 228 valence electrons. The summed E-state index contributed by atoms with van der Waals surface area (Å²) in [5.74, 6) is 0. The maximum absolute atomic E-state index is 14.2. The Labute approximate surface area is 268 Å². The molecule has 7 heteroatoms. The molecule has 46 heavy (non-hydrogen) atoms. The van der Waals surface area contributed by atoms with Crippen molar-refractivity contribution >= 4 is 46.4 Å². The van der Waals surface area contributed by atoms with Gasteiger partial charge in [-0.25, -0.2) is 9.97 Å². The summed E-state index contributed by atoms with van der Waals surface area (Å²) in [4.78, 5) is 17.8. The number of H-pyrrole nitrogens is 2. The van der Waals surface area contributed by atoms with E-state index in [2.05, 4.69) is 95.9 Å². The molecule has 2 unspecified atom stereocenters. The average Bonchev–Trinajstić information content (AvgIpc) is 3.89. The second-order valence-corrected chi connectivity index (χ2v) is 13.3. The van der Waals surface area contributed by atoms with Crippen LogP contribution in [0.3, 0.4) is 0 Å². The Balaban J connectivity index is 1.52. The molecular weight excluding hydrogens is 568 g/mol. The standard InChI is InChI=1S/C39H36N6O/c1-38(2)39(3,4)45(46)37(44-38)36-32-21-19-30(42-32)34(24-11-7-5-8-12-24)28-17-15-26(40-28)23-27-16-18-29(41-27)35(25-13-9-6-10-14-25)31-20-22-33(36)43-31/h5-23,37,40-41,44-45H,1-4H3. The van der Waals surface area contributed by atoms with Gasteiger partial charge < -0.3 is 20.2 Å². The van der Waals surface area contributed by atoms with Crippen molar-refractivity contribution in [1.29, 1.82) is 0 Å². The van der Waals surface area contributed by atoms with E-state index in [1.54, 1.807) is 0 Å². The second-order valence-electron chi connectivity index (χ2n) is 13.3. The van der Waals surface area contributed by atoms with Crippen LogP contribution >= 0.6 is 0 Å². The van der Waals surface area contributed by atoms with E-state index < -0.39 is 17.2 Å². The number of hydroxylamine groups is 2. The molecule has 0 aliphatic carbocycles. The number of rotatable bonds is 3. The Morgan fingerprint density at radius 2 is 1.07 bits per heavy atom. The summed E-state index contributed by atoms with van der Waals surface area (Å²) < 4.78 is 0. The van der Waals surface area contributed by atoms with E-state index in [9.17, 15) is 5.21 Å². The normalized spacial score (nSPS) is 19.5. The molecule has 8 bridgehead atoms. The van der Waals surface area contributed by atoms with E-state index in [0.717, 1.165) is 72.7 Å². The summed E-state index contributed by atoms with van der Waals surface area (Å²) >= 11 is 0. The number of aromatic nitrogens is 4. The first-order valence-corrected chi connectivity index (χ1v) is 15.8. The first-order chi connectivity index (χ1) is 22.2. The highest BCUT2D eigenvalue weighted by Gasteiger charge is 2.54. The molecule has 5 aromatic rings. The maximum atomic E-state index is 14.2. The van der Waals surface area contributed by atoms with Crippen molar-refractivity contribution in [2.75, 3.05) is 0 Å². The van der Waals surface area contributed by atoms with Crippen LogP contribution in [0.5, 0.6) is 0 Å². The minimum atomic E-state index is -0.592. The van der Waals surface area contributed by atoms with Gasteiger partial charge in [0.2, 0.25) is 0 Å². The van der Waals surface area contributed by atoms with Gasteiger partial charge in [0.1, 0.15) is 5.54 Å². The molecule has 4 N–H and O–H groups in total. The molecule has 7 nitrogen and oxygen atoms in total. The zero-order valence-electron chi connectivity index (χ0n) is 26.3. The van der Waals surface area contributed by atoms with Gasteiger partial charge in [-0.05, 0) is 93.5 Å². The Morgan fingerprint density at radius 3 is 1.50 bits per heavy atom. The number of hydrogen-bond donors (Lipinski definition) is 4. The van der Waals surface area contributed by atoms with E-state index in [4.69, 9.17) is 9.97 Å². The third kappa shape index (κ3) is 4.55. The number of benzene rings is 2. The quantitative estimate of drug-likeness (QED) is 0.157. The Morgan fingerprint density at radius 1 is 0.609 bits per heavy atom. The molecule has 8 rings (SSSR count). The molecule has 3 aliphatic heterocycles. The van der Waals surface area contributed by atoms with Crippen LogP contribution in [0.2, 0.25) is 0 Å². The topological polar surface area (TPSA) is 96.9 Å². The van der Waals surface area contributed by atoms with Crippen LogP contribution in [0.1, 0.15) is 62.2 Å². The lowest BCUT2D eigenvalue weighted by Gasteiger charge is -2.39. The van der Waals surface area contributed by atoms with Crippen LogP contribution in [-0.2, 0) is 0 Å². The van der Waals surface area contributed by atoms with Crippen molar-refractivity contribution in [3.05, 3.63) is 125 Å². The second kappa shape index (κ2) is 10.5. The minimum Gasteiger partial charge on any atom is -0.632 e. The molecule has 1 fully saturated rings. The summed E-state index contributed by atoms with van der Waals surface area (Å²) in [6, 6.07) is 31.1. The molecule has 6 heterocycles. The van der Waals surface area contributed by atoms with Gasteiger partial charge >= 0.3 is 0 Å². The van der Waals surface area contributed by atoms with Gasteiger partial charge in [0.25, 0.3) is 0 Å².